The molecule has 0 N–H and O–H groups in total. The van der Waals surface area contributed by atoms with Crippen LogP contribution in [0, 0.1) is 28.4 Å². The Bertz CT molecular complexity index is 604. The standard InChI is InChI=1S/C13H15F2NO2S/c1-13(2,9-16)6-3-7-19(17,18)12-8-10(14)4-5-11(12)15/h4-5,8H,3,6-7H2,1-2H3. The van der Waals surface area contributed by atoms with Gasteiger partial charge in [0.2, 0.25) is 0 Å². The van der Waals surface area contributed by atoms with Crippen molar-refractivity contribution in [2.75, 3.05) is 5.75 Å². The molecule has 0 unspecified atom stereocenters. The summed E-state index contributed by atoms with van der Waals surface area (Å²) in [4.78, 5) is -0.623. The second kappa shape index (κ2) is 5.66. The Morgan fingerprint density at radius 2 is 1.95 bits per heavy atom. The Labute approximate surface area is 111 Å². The van der Waals surface area contributed by atoms with Crippen molar-refractivity contribution in [3.8, 4) is 6.07 Å². The van der Waals surface area contributed by atoms with Crippen LogP contribution in [0.2, 0.25) is 0 Å². The zero-order valence-corrected chi connectivity index (χ0v) is 11.6. The number of hydrogen-bond acceptors (Lipinski definition) is 3. The van der Waals surface area contributed by atoms with Gasteiger partial charge in [0.25, 0.3) is 0 Å². The van der Waals surface area contributed by atoms with Gasteiger partial charge in [-0.2, -0.15) is 5.26 Å². The summed E-state index contributed by atoms with van der Waals surface area (Å²) >= 11 is 0. The van der Waals surface area contributed by atoms with Crippen LogP contribution in [0.1, 0.15) is 26.7 Å². The van der Waals surface area contributed by atoms with Gasteiger partial charge in [0.05, 0.1) is 17.2 Å². The van der Waals surface area contributed by atoms with E-state index >= 15 is 0 Å². The van der Waals surface area contributed by atoms with E-state index < -0.39 is 31.8 Å². The predicted octanol–water partition coefficient (Wildman–Crippen LogP) is 3.07. The zero-order valence-electron chi connectivity index (χ0n) is 10.8. The lowest BCUT2D eigenvalue weighted by Crippen LogP contribution is -2.14. The van der Waals surface area contributed by atoms with E-state index in [2.05, 4.69) is 6.07 Å². The smallest absolute Gasteiger partial charge is 0.181 e. The molecule has 6 heteroatoms. The molecule has 0 aliphatic carbocycles. The number of hydrogen-bond donors (Lipinski definition) is 0. The van der Waals surface area contributed by atoms with Crippen LogP contribution in [-0.2, 0) is 9.84 Å². The van der Waals surface area contributed by atoms with Gasteiger partial charge in [-0.15, -0.1) is 0 Å². The van der Waals surface area contributed by atoms with E-state index in [1.807, 2.05) is 0 Å². The Morgan fingerprint density at radius 3 is 2.53 bits per heavy atom. The fourth-order valence-corrected chi connectivity index (χ4v) is 2.99. The van der Waals surface area contributed by atoms with Crippen molar-refractivity contribution in [1.82, 2.24) is 0 Å². The van der Waals surface area contributed by atoms with E-state index in [1.165, 1.54) is 0 Å². The Balaban J connectivity index is 2.83. The van der Waals surface area contributed by atoms with Crippen molar-refractivity contribution in [3.05, 3.63) is 29.8 Å². The molecule has 1 aromatic rings. The summed E-state index contributed by atoms with van der Waals surface area (Å²) in [7, 11) is -3.87. The summed E-state index contributed by atoms with van der Waals surface area (Å²) in [5, 5.41) is 8.81. The first-order chi connectivity index (χ1) is 8.68. The number of nitrogens with zero attached hydrogens (tertiary/aromatic N) is 1. The lowest BCUT2D eigenvalue weighted by atomic mass is 9.90. The van der Waals surface area contributed by atoms with Gasteiger partial charge in [-0.1, -0.05) is 0 Å². The van der Waals surface area contributed by atoms with Crippen LogP contribution < -0.4 is 0 Å². The Hall–Kier alpha value is -1.48. The normalized spacial score (nSPS) is 12.2. The first-order valence-electron chi connectivity index (χ1n) is 5.77. The van der Waals surface area contributed by atoms with Crippen LogP contribution in [0.5, 0.6) is 0 Å². The molecule has 0 atom stereocenters. The summed E-state index contributed by atoms with van der Waals surface area (Å²) in [6, 6.07) is 4.40. The first-order valence-corrected chi connectivity index (χ1v) is 7.42. The van der Waals surface area contributed by atoms with Crippen LogP contribution in [0.25, 0.3) is 0 Å². The average Bonchev–Trinajstić information content (AvgIpc) is 2.31. The molecule has 0 radical (unpaired) electrons. The highest BCUT2D eigenvalue weighted by Gasteiger charge is 2.22. The van der Waals surface area contributed by atoms with Gasteiger partial charge in [-0.25, -0.2) is 17.2 Å². The maximum atomic E-state index is 13.4. The molecule has 3 nitrogen and oxygen atoms in total. The van der Waals surface area contributed by atoms with Gasteiger partial charge in [-0.3, -0.25) is 0 Å². The molecule has 0 saturated heterocycles. The van der Waals surface area contributed by atoms with Crippen molar-refractivity contribution in [3.63, 3.8) is 0 Å². The minimum absolute atomic E-state index is 0.221. The predicted molar refractivity (Wildman–Crippen MR) is 67.0 cm³/mol. The molecule has 0 saturated carbocycles. The highest BCUT2D eigenvalue weighted by atomic mass is 32.2. The first kappa shape index (κ1) is 15.6. The maximum Gasteiger partial charge on any atom is 0.181 e. The Kier molecular flexibility index (Phi) is 4.64. The number of nitriles is 1. The molecule has 104 valence electrons. The van der Waals surface area contributed by atoms with Crippen molar-refractivity contribution in [2.24, 2.45) is 5.41 Å². The van der Waals surface area contributed by atoms with Crippen LogP contribution >= 0.6 is 0 Å². The van der Waals surface area contributed by atoms with E-state index in [0.717, 1.165) is 12.1 Å². The monoisotopic (exact) mass is 287 g/mol. The third-order valence-electron chi connectivity index (χ3n) is 2.75. The maximum absolute atomic E-state index is 13.4. The number of rotatable bonds is 5. The van der Waals surface area contributed by atoms with Gasteiger partial charge >= 0.3 is 0 Å². The second-order valence-corrected chi connectivity index (χ2v) is 7.07. The lowest BCUT2D eigenvalue weighted by molar-refractivity contribution is 0.444. The minimum Gasteiger partial charge on any atom is -0.224 e. The second-order valence-electron chi connectivity index (χ2n) is 4.99. The van der Waals surface area contributed by atoms with Crippen LogP contribution in [0.3, 0.4) is 0 Å². The summed E-state index contributed by atoms with van der Waals surface area (Å²) in [6.45, 7) is 3.39. The largest absolute Gasteiger partial charge is 0.224 e. The summed E-state index contributed by atoms with van der Waals surface area (Å²) < 4.78 is 50.1. The van der Waals surface area contributed by atoms with Gasteiger partial charge < -0.3 is 0 Å². The van der Waals surface area contributed by atoms with E-state index in [1.54, 1.807) is 13.8 Å². The molecule has 0 bridgehead atoms. The topological polar surface area (TPSA) is 57.9 Å². The molecule has 0 aromatic heterocycles. The fourth-order valence-electron chi connectivity index (χ4n) is 1.59. The van der Waals surface area contributed by atoms with Crippen molar-refractivity contribution in [2.45, 2.75) is 31.6 Å². The van der Waals surface area contributed by atoms with Crippen LogP contribution in [-0.4, -0.2) is 14.2 Å². The summed E-state index contributed by atoms with van der Waals surface area (Å²) in [6.07, 6.45) is 0.596. The molecule has 1 aromatic carbocycles. The molecule has 0 heterocycles. The highest BCUT2D eigenvalue weighted by Crippen LogP contribution is 2.23. The molecular weight excluding hydrogens is 272 g/mol. The average molecular weight is 287 g/mol. The molecule has 19 heavy (non-hydrogen) atoms. The highest BCUT2D eigenvalue weighted by molar-refractivity contribution is 7.91. The van der Waals surface area contributed by atoms with E-state index in [0.29, 0.717) is 12.5 Å². The van der Waals surface area contributed by atoms with Crippen molar-refractivity contribution >= 4 is 9.84 Å². The van der Waals surface area contributed by atoms with Crippen LogP contribution in [0.4, 0.5) is 8.78 Å². The van der Waals surface area contributed by atoms with E-state index in [9.17, 15) is 17.2 Å². The molecule has 1 rings (SSSR count). The zero-order chi connectivity index (χ0) is 14.7. The van der Waals surface area contributed by atoms with Crippen molar-refractivity contribution in [1.29, 1.82) is 5.26 Å². The van der Waals surface area contributed by atoms with Gasteiger partial charge in [-0.05, 0) is 44.9 Å². The summed E-state index contributed by atoms with van der Waals surface area (Å²) in [5.41, 5.74) is -0.629. The minimum atomic E-state index is -3.87. The number of benzene rings is 1. The Morgan fingerprint density at radius 1 is 1.32 bits per heavy atom. The molecule has 0 spiro atoms. The van der Waals surface area contributed by atoms with Crippen molar-refractivity contribution < 1.29 is 17.2 Å². The van der Waals surface area contributed by atoms with Crippen LogP contribution in [0.15, 0.2) is 23.1 Å². The summed E-state index contributed by atoms with van der Waals surface area (Å²) in [5.74, 6) is -2.06. The lowest BCUT2D eigenvalue weighted by Gasteiger charge is -2.14. The fraction of sp³-hybridized carbons (Fsp3) is 0.462. The van der Waals surface area contributed by atoms with Gasteiger partial charge in [0.1, 0.15) is 16.5 Å². The third-order valence-corrected chi connectivity index (χ3v) is 4.55. The molecule has 0 amide bonds. The third kappa shape index (κ3) is 4.28. The molecule has 0 aliphatic heterocycles. The molecule has 0 aliphatic rings. The van der Waals surface area contributed by atoms with Gasteiger partial charge in [0.15, 0.2) is 9.84 Å². The SMILES string of the molecule is CC(C)(C#N)CCCS(=O)(=O)c1cc(F)ccc1F. The number of sulfone groups is 1. The quantitative estimate of drug-likeness (QED) is 0.836. The van der Waals surface area contributed by atoms with E-state index in [4.69, 9.17) is 5.26 Å². The number of halogens is 2. The molecule has 0 fully saturated rings. The van der Waals surface area contributed by atoms with Gasteiger partial charge in [0, 0.05) is 0 Å². The molecular formula is C13H15F2NO2S. The van der Waals surface area contributed by atoms with E-state index in [-0.39, 0.29) is 12.2 Å².